The Morgan fingerprint density at radius 1 is 1.72 bits per heavy atom. The molecule has 1 aliphatic rings. The van der Waals surface area contributed by atoms with Crippen molar-refractivity contribution in [2.24, 2.45) is 5.92 Å². The summed E-state index contributed by atoms with van der Waals surface area (Å²) >= 11 is 1.30. The van der Waals surface area contributed by atoms with Gasteiger partial charge in [0, 0.05) is 6.04 Å². The molecule has 0 saturated carbocycles. The van der Waals surface area contributed by atoms with E-state index in [9.17, 15) is 9.90 Å². The summed E-state index contributed by atoms with van der Waals surface area (Å²) in [5.74, 6) is 0.331. The largest absolute Gasteiger partial charge is 0.395 e. The Morgan fingerprint density at radius 2 is 2.56 bits per heavy atom. The zero-order valence-electron chi connectivity index (χ0n) is 10.4. The van der Waals surface area contributed by atoms with Crippen molar-refractivity contribution >= 4 is 22.4 Å². The lowest BCUT2D eigenvalue weighted by Gasteiger charge is -2.38. The van der Waals surface area contributed by atoms with E-state index in [1.54, 1.807) is 5.51 Å². The van der Waals surface area contributed by atoms with Crippen molar-refractivity contribution in [2.45, 2.75) is 25.8 Å². The highest BCUT2D eigenvalue weighted by molar-refractivity contribution is 7.13. The first-order valence-corrected chi connectivity index (χ1v) is 6.99. The predicted molar refractivity (Wildman–Crippen MR) is 69.4 cm³/mol. The number of aliphatic hydroxyl groups is 1. The highest BCUT2D eigenvalue weighted by Gasteiger charge is 2.29. The molecule has 2 atom stereocenters. The number of likely N-dealkylation sites (tertiary alicyclic amines) is 1. The van der Waals surface area contributed by atoms with Crippen LogP contribution < -0.4 is 5.32 Å². The van der Waals surface area contributed by atoms with Crippen LogP contribution >= 0.6 is 11.3 Å². The molecule has 7 heteroatoms. The van der Waals surface area contributed by atoms with Gasteiger partial charge in [-0.25, -0.2) is 0 Å². The summed E-state index contributed by atoms with van der Waals surface area (Å²) in [6, 6.07) is 0.0823. The van der Waals surface area contributed by atoms with Gasteiger partial charge < -0.3 is 5.11 Å². The lowest BCUT2D eigenvalue weighted by atomic mass is 9.91. The minimum atomic E-state index is -0.0979. The van der Waals surface area contributed by atoms with E-state index < -0.39 is 0 Å². The number of aromatic nitrogens is 2. The minimum Gasteiger partial charge on any atom is -0.395 e. The van der Waals surface area contributed by atoms with Crippen molar-refractivity contribution in [1.82, 2.24) is 15.1 Å². The molecule has 0 radical (unpaired) electrons. The molecule has 0 spiro atoms. The molecule has 0 aromatic carbocycles. The van der Waals surface area contributed by atoms with Crippen molar-refractivity contribution in [3.05, 3.63) is 5.51 Å². The van der Waals surface area contributed by atoms with Gasteiger partial charge in [-0.2, -0.15) is 0 Å². The summed E-state index contributed by atoms with van der Waals surface area (Å²) in [7, 11) is 0. The maximum Gasteiger partial charge on any atom is 0.240 e. The molecule has 1 aromatic heterocycles. The third-order valence-corrected chi connectivity index (χ3v) is 3.98. The fraction of sp³-hybridized carbons (Fsp3) is 0.727. The van der Waals surface area contributed by atoms with Crippen LogP contribution in [0, 0.1) is 5.92 Å². The highest BCUT2D eigenvalue weighted by Crippen LogP contribution is 2.22. The Kier molecular flexibility index (Phi) is 4.62. The number of hydrogen-bond acceptors (Lipinski definition) is 6. The number of anilines is 1. The first-order valence-electron chi connectivity index (χ1n) is 6.11. The molecule has 100 valence electrons. The van der Waals surface area contributed by atoms with E-state index in [1.807, 2.05) is 4.90 Å². The number of hydrogen-bond donors (Lipinski definition) is 2. The van der Waals surface area contributed by atoms with Crippen LogP contribution in [0.4, 0.5) is 5.13 Å². The molecular formula is C11H18N4O2S. The maximum atomic E-state index is 11.9. The van der Waals surface area contributed by atoms with Crippen LogP contribution in [-0.4, -0.2) is 51.8 Å². The standard InChI is InChI=1S/C11H18N4O2S/c1-8-3-2-4-15(9(8)6-16)5-10(17)13-11-14-12-7-18-11/h7-9,16H,2-6H2,1H3,(H,13,14,17). The molecule has 2 N–H and O–H groups in total. The van der Waals surface area contributed by atoms with Crippen molar-refractivity contribution < 1.29 is 9.90 Å². The fourth-order valence-corrected chi connectivity index (χ4v) is 2.86. The normalized spacial score (nSPS) is 25.0. The van der Waals surface area contributed by atoms with Crippen LogP contribution in [0.3, 0.4) is 0 Å². The molecule has 18 heavy (non-hydrogen) atoms. The van der Waals surface area contributed by atoms with Crippen LogP contribution in [0.5, 0.6) is 0 Å². The summed E-state index contributed by atoms with van der Waals surface area (Å²) in [5, 5.41) is 20.1. The number of carbonyl (C=O) groups is 1. The topological polar surface area (TPSA) is 78.4 Å². The quantitative estimate of drug-likeness (QED) is 0.836. The molecule has 0 aliphatic carbocycles. The van der Waals surface area contributed by atoms with Gasteiger partial charge in [0.2, 0.25) is 11.0 Å². The molecule has 2 rings (SSSR count). The van der Waals surface area contributed by atoms with Crippen LogP contribution in [0.15, 0.2) is 5.51 Å². The number of piperidine rings is 1. The lowest BCUT2D eigenvalue weighted by Crippen LogP contribution is -2.49. The van der Waals surface area contributed by atoms with Crippen LogP contribution in [0.25, 0.3) is 0 Å². The summed E-state index contributed by atoms with van der Waals surface area (Å²) in [4.78, 5) is 13.9. The fourth-order valence-electron chi connectivity index (χ4n) is 2.40. The average molecular weight is 270 g/mol. The van der Waals surface area contributed by atoms with Crippen molar-refractivity contribution in [2.75, 3.05) is 25.0 Å². The average Bonchev–Trinajstić information content (AvgIpc) is 2.82. The molecule has 2 unspecified atom stereocenters. The third kappa shape index (κ3) is 3.24. The van der Waals surface area contributed by atoms with Crippen molar-refractivity contribution in [3.63, 3.8) is 0 Å². The molecule has 6 nitrogen and oxygen atoms in total. The van der Waals surface area contributed by atoms with Gasteiger partial charge in [-0.15, -0.1) is 10.2 Å². The first kappa shape index (κ1) is 13.4. The zero-order chi connectivity index (χ0) is 13.0. The molecule has 1 aliphatic heterocycles. The number of amides is 1. The summed E-state index contributed by atoms with van der Waals surface area (Å²) in [5.41, 5.74) is 1.58. The number of nitrogens with one attached hydrogen (secondary N) is 1. The molecule has 2 heterocycles. The Morgan fingerprint density at radius 3 is 3.22 bits per heavy atom. The van der Waals surface area contributed by atoms with Crippen molar-refractivity contribution in [3.8, 4) is 0 Å². The molecule has 1 aromatic rings. The highest BCUT2D eigenvalue weighted by atomic mass is 32.1. The zero-order valence-corrected chi connectivity index (χ0v) is 11.2. The van der Waals surface area contributed by atoms with E-state index in [4.69, 9.17) is 0 Å². The second-order valence-electron chi connectivity index (χ2n) is 4.63. The van der Waals surface area contributed by atoms with Gasteiger partial charge in [0.1, 0.15) is 5.51 Å². The van der Waals surface area contributed by atoms with E-state index in [0.717, 1.165) is 19.4 Å². The number of aliphatic hydroxyl groups excluding tert-OH is 1. The SMILES string of the molecule is CC1CCCN(CC(=O)Nc2nncs2)C1CO. The van der Waals surface area contributed by atoms with Crippen LogP contribution in [0.1, 0.15) is 19.8 Å². The summed E-state index contributed by atoms with van der Waals surface area (Å²) < 4.78 is 0. The molecular weight excluding hydrogens is 252 g/mol. The Balaban J connectivity index is 1.89. The molecule has 1 fully saturated rings. The Labute approximate surface area is 110 Å². The van der Waals surface area contributed by atoms with E-state index in [1.165, 1.54) is 11.3 Å². The van der Waals surface area contributed by atoms with Gasteiger partial charge in [0.15, 0.2) is 0 Å². The van der Waals surface area contributed by atoms with E-state index in [0.29, 0.717) is 17.6 Å². The molecule has 1 amide bonds. The van der Waals surface area contributed by atoms with Crippen LogP contribution in [0.2, 0.25) is 0 Å². The van der Waals surface area contributed by atoms with E-state index >= 15 is 0 Å². The molecule has 1 saturated heterocycles. The first-order chi connectivity index (χ1) is 8.70. The number of nitrogens with zero attached hydrogens (tertiary/aromatic N) is 3. The number of rotatable bonds is 4. The predicted octanol–water partition coefficient (Wildman–Crippen LogP) is 0.569. The third-order valence-electron chi connectivity index (χ3n) is 3.37. The second kappa shape index (κ2) is 6.21. The van der Waals surface area contributed by atoms with E-state index in [-0.39, 0.29) is 18.6 Å². The van der Waals surface area contributed by atoms with E-state index in [2.05, 4.69) is 22.4 Å². The number of carbonyl (C=O) groups excluding carboxylic acids is 1. The summed E-state index contributed by atoms with van der Waals surface area (Å²) in [6.45, 7) is 3.39. The maximum absolute atomic E-state index is 11.9. The van der Waals surface area contributed by atoms with Gasteiger partial charge in [0.25, 0.3) is 0 Å². The van der Waals surface area contributed by atoms with Gasteiger partial charge >= 0.3 is 0 Å². The Bertz CT molecular complexity index is 384. The monoisotopic (exact) mass is 270 g/mol. The van der Waals surface area contributed by atoms with Gasteiger partial charge in [-0.3, -0.25) is 15.0 Å². The van der Waals surface area contributed by atoms with Crippen molar-refractivity contribution in [1.29, 1.82) is 0 Å². The lowest BCUT2D eigenvalue weighted by molar-refractivity contribution is -0.118. The molecule has 0 bridgehead atoms. The smallest absolute Gasteiger partial charge is 0.240 e. The van der Waals surface area contributed by atoms with Gasteiger partial charge in [-0.05, 0) is 25.3 Å². The van der Waals surface area contributed by atoms with Crippen LogP contribution in [-0.2, 0) is 4.79 Å². The van der Waals surface area contributed by atoms with Gasteiger partial charge in [-0.1, -0.05) is 18.3 Å². The Hall–Kier alpha value is -1.05. The second-order valence-corrected chi connectivity index (χ2v) is 5.47. The van der Waals surface area contributed by atoms with Gasteiger partial charge in [0.05, 0.1) is 13.2 Å². The minimum absolute atomic E-state index is 0.0823. The summed E-state index contributed by atoms with van der Waals surface area (Å²) in [6.07, 6.45) is 2.18.